The maximum absolute atomic E-state index is 13.2. The quantitative estimate of drug-likeness (QED) is 0.494. The van der Waals surface area contributed by atoms with E-state index in [9.17, 15) is 4.79 Å². The normalized spacial score (nSPS) is 11.9. The van der Waals surface area contributed by atoms with Gasteiger partial charge in [0.15, 0.2) is 0 Å². The molecule has 0 unspecified atom stereocenters. The van der Waals surface area contributed by atoms with Crippen LogP contribution in [-0.2, 0) is 0 Å². The van der Waals surface area contributed by atoms with E-state index in [2.05, 4.69) is 32.0 Å². The van der Waals surface area contributed by atoms with Crippen LogP contribution < -0.4 is 10.2 Å². The van der Waals surface area contributed by atoms with Crippen LogP contribution in [0.2, 0.25) is 5.02 Å². The number of carbonyl (C=O) groups excluding carboxylic acids is 1. The van der Waals surface area contributed by atoms with Crippen LogP contribution >= 0.6 is 11.6 Å². The van der Waals surface area contributed by atoms with E-state index in [0.29, 0.717) is 16.5 Å². The molecule has 7 nitrogen and oxygen atoms in total. The standard InChI is InChI=1S/C21H15ClN6O/c1-12-11-14(13-7-3-2-4-8-13)19-17(20-24-26-27-25-20)18(12)28(19)21(29)23-16-10-6-5-9-15(16)22/h2-11H,1H3,(H,23,29)(H,24,25,26,27). The van der Waals surface area contributed by atoms with Crippen LogP contribution in [0.1, 0.15) is 5.56 Å². The molecule has 3 heterocycles. The van der Waals surface area contributed by atoms with Crippen LogP contribution in [0.15, 0.2) is 60.7 Å². The van der Waals surface area contributed by atoms with Crippen molar-refractivity contribution in [3.63, 3.8) is 0 Å². The van der Waals surface area contributed by atoms with Crippen molar-refractivity contribution in [2.24, 2.45) is 0 Å². The second-order valence-corrected chi connectivity index (χ2v) is 7.07. The highest BCUT2D eigenvalue weighted by Crippen LogP contribution is 2.57. The van der Waals surface area contributed by atoms with Gasteiger partial charge in [-0.25, -0.2) is 4.79 Å². The van der Waals surface area contributed by atoms with Crippen molar-refractivity contribution in [3.8, 4) is 22.5 Å². The van der Waals surface area contributed by atoms with Gasteiger partial charge in [-0.05, 0) is 41.5 Å². The number of fused-ring (bicyclic) bond motifs is 2. The van der Waals surface area contributed by atoms with Gasteiger partial charge in [-0.1, -0.05) is 54.1 Å². The minimum Gasteiger partial charge on any atom is -0.306 e. The van der Waals surface area contributed by atoms with E-state index in [4.69, 9.17) is 11.6 Å². The summed E-state index contributed by atoms with van der Waals surface area (Å²) in [6.07, 6.45) is 0. The van der Waals surface area contributed by atoms with Crippen LogP contribution in [0.4, 0.5) is 21.9 Å². The van der Waals surface area contributed by atoms with Crippen LogP contribution in [0.3, 0.4) is 0 Å². The summed E-state index contributed by atoms with van der Waals surface area (Å²) in [6, 6.07) is 18.8. The van der Waals surface area contributed by atoms with Crippen molar-refractivity contribution < 1.29 is 4.79 Å². The fourth-order valence-electron chi connectivity index (χ4n) is 3.63. The molecule has 2 bridgehead atoms. The van der Waals surface area contributed by atoms with Crippen molar-refractivity contribution >= 4 is 34.7 Å². The third-order valence-electron chi connectivity index (χ3n) is 4.88. The Labute approximate surface area is 171 Å². The molecule has 1 aromatic heterocycles. The van der Waals surface area contributed by atoms with Gasteiger partial charge in [0.25, 0.3) is 0 Å². The Hall–Kier alpha value is -3.71. The lowest BCUT2D eigenvalue weighted by molar-refractivity contribution is 0.258. The number of rotatable bonds is 3. The van der Waals surface area contributed by atoms with Crippen LogP contribution in [0, 0.1) is 6.92 Å². The van der Waals surface area contributed by atoms with E-state index in [1.165, 1.54) is 0 Å². The number of carbonyl (C=O) groups is 1. The number of aromatic nitrogens is 4. The van der Waals surface area contributed by atoms with Gasteiger partial charge in [-0.3, -0.25) is 4.90 Å². The lowest BCUT2D eigenvalue weighted by atomic mass is 9.87. The number of hydrogen-bond donors (Lipinski definition) is 2. The molecule has 142 valence electrons. The number of nitrogens with zero attached hydrogens (tertiary/aromatic N) is 4. The topological polar surface area (TPSA) is 86.8 Å². The largest absolute Gasteiger partial charge is 0.331 e. The van der Waals surface area contributed by atoms with Gasteiger partial charge in [-0.2, -0.15) is 5.21 Å². The highest BCUT2D eigenvalue weighted by atomic mass is 35.5. The SMILES string of the molecule is Cc1cc(-c2ccccc2)c2c(-c3nn[nH]n3)c1N2C(=O)Nc1ccccc1Cl. The average Bonchev–Trinajstić information content (AvgIpc) is 3.23. The van der Waals surface area contributed by atoms with Gasteiger partial charge >= 0.3 is 6.03 Å². The number of amides is 2. The Morgan fingerprint density at radius 2 is 1.83 bits per heavy atom. The lowest BCUT2D eigenvalue weighted by Gasteiger charge is -2.39. The molecule has 3 aromatic carbocycles. The minimum atomic E-state index is -0.295. The lowest BCUT2D eigenvalue weighted by Crippen LogP contribution is -2.38. The maximum Gasteiger partial charge on any atom is 0.331 e. The minimum absolute atomic E-state index is 0.295. The van der Waals surface area contributed by atoms with Crippen molar-refractivity contribution in [1.82, 2.24) is 20.6 Å². The highest BCUT2D eigenvalue weighted by Gasteiger charge is 2.40. The Morgan fingerprint density at radius 3 is 2.55 bits per heavy atom. The number of aromatic amines is 1. The Kier molecular flexibility index (Phi) is 4.03. The number of nitrogens with one attached hydrogen (secondary N) is 2. The molecule has 6 rings (SSSR count). The number of halogens is 1. The number of benzene rings is 3. The molecular formula is C21H15ClN6O. The van der Waals surface area contributed by atoms with Crippen molar-refractivity contribution in [2.75, 3.05) is 10.2 Å². The molecule has 4 aromatic rings. The zero-order chi connectivity index (χ0) is 20.0. The number of hydrogen-bond acceptors (Lipinski definition) is 4. The second-order valence-electron chi connectivity index (χ2n) is 6.66. The molecule has 2 aliphatic rings. The summed E-state index contributed by atoms with van der Waals surface area (Å²) in [4.78, 5) is 14.8. The first-order chi connectivity index (χ1) is 14.1. The van der Waals surface area contributed by atoms with Gasteiger partial charge in [0.05, 0.1) is 27.6 Å². The van der Waals surface area contributed by atoms with Crippen molar-refractivity contribution in [3.05, 3.63) is 71.2 Å². The van der Waals surface area contributed by atoms with Crippen molar-refractivity contribution in [1.29, 1.82) is 0 Å². The fraction of sp³-hybridized carbons (Fsp3) is 0.0476. The monoisotopic (exact) mass is 402 g/mol. The number of aryl methyl sites for hydroxylation is 1. The Bertz CT molecular complexity index is 1220. The molecule has 0 fully saturated rings. The molecule has 2 aliphatic heterocycles. The van der Waals surface area contributed by atoms with Crippen LogP contribution in [-0.4, -0.2) is 26.7 Å². The molecule has 0 saturated heterocycles. The van der Waals surface area contributed by atoms with E-state index in [1.807, 2.05) is 49.4 Å². The number of tetrazole rings is 1. The molecule has 0 saturated carbocycles. The molecule has 2 N–H and O–H groups in total. The highest BCUT2D eigenvalue weighted by molar-refractivity contribution is 6.34. The molecule has 2 amide bonds. The number of para-hydroxylation sites is 1. The fourth-order valence-corrected chi connectivity index (χ4v) is 3.81. The molecule has 0 spiro atoms. The number of urea groups is 1. The summed E-state index contributed by atoms with van der Waals surface area (Å²) in [5.41, 5.74) is 5.70. The third kappa shape index (κ3) is 2.75. The maximum atomic E-state index is 13.2. The summed E-state index contributed by atoms with van der Waals surface area (Å²) >= 11 is 6.22. The van der Waals surface area contributed by atoms with Crippen LogP contribution in [0.25, 0.3) is 22.5 Å². The van der Waals surface area contributed by atoms with Gasteiger partial charge in [0.2, 0.25) is 5.82 Å². The van der Waals surface area contributed by atoms with Gasteiger partial charge in [-0.15, -0.1) is 10.2 Å². The molecular weight excluding hydrogens is 388 g/mol. The first-order valence-electron chi connectivity index (χ1n) is 8.97. The second kappa shape index (κ2) is 6.72. The molecule has 8 heteroatoms. The summed E-state index contributed by atoms with van der Waals surface area (Å²) in [7, 11) is 0. The van der Waals surface area contributed by atoms with E-state index in [1.54, 1.807) is 17.0 Å². The first kappa shape index (κ1) is 17.4. The molecule has 0 atom stereocenters. The molecule has 29 heavy (non-hydrogen) atoms. The van der Waals surface area contributed by atoms with E-state index < -0.39 is 0 Å². The van der Waals surface area contributed by atoms with Crippen molar-refractivity contribution in [2.45, 2.75) is 6.92 Å². The van der Waals surface area contributed by atoms with Crippen LogP contribution in [0.5, 0.6) is 0 Å². The predicted octanol–water partition coefficient (Wildman–Crippen LogP) is 5.18. The Morgan fingerprint density at radius 1 is 1.07 bits per heavy atom. The van der Waals surface area contributed by atoms with E-state index in [0.717, 1.165) is 33.6 Å². The van der Waals surface area contributed by atoms with Gasteiger partial charge < -0.3 is 5.32 Å². The number of anilines is 3. The van der Waals surface area contributed by atoms with Gasteiger partial charge in [0, 0.05) is 5.56 Å². The average molecular weight is 403 g/mol. The third-order valence-corrected chi connectivity index (χ3v) is 5.21. The zero-order valence-electron chi connectivity index (χ0n) is 15.3. The smallest absolute Gasteiger partial charge is 0.306 e. The first-order valence-corrected chi connectivity index (χ1v) is 9.35. The Balaban J connectivity index is 1.63. The van der Waals surface area contributed by atoms with E-state index >= 15 is 0 Å². The number of H-pyrrole nitrogens is 1. The van der Waals surface area contributed by atoms with Gasteiger partial charge in [0.1, 0.15) is 0 Å². The van der Waals surface area contributed by atoms with E-state index in [-0.39, 0.29) is 6.03 Å². The zero-order valence-corrected chi connectivity index (χ0v) is 16.1. The summed E-state index contributed by atoms with van der Waals surface area (Å²) < 4.78 is 0. The predicted molar refractivity (Wildman–Crippen MR) is 112 cm³/mol. The summed E-state index contributed by atoms with van der Waals surface area (Å²) in [5, 5.41) is 17.8. The summed E-state index contributed by atoms with van der Waals surface area (Å²) in [5.74, 6) is 0.456. The molecule has 0 aliphatic carbocycles. The summed E-state index contributed by atoms with van der Waals surface area (Å²) in [6.45, 7) is 1.96. The molecule has 0 radical (unpaired) electrons.